The van der Waals surface area contributed by atoms with E-state index in [9.17, 15) is 10.2 Å². The van der Waals surface area contributed by atoms with Crippen molar-refractivity contribution in [2.45, 2.75) is 25.7 Å². The topological polar surface area (TPSA) is 58.3 Å². The molecule has 0 saturated heterocycles. The summed E-state index contributed by atoms with van der Waals surface area (Å²) in [4.78, 5) is 0. The van der Waals surface area contributed by atoms with Gasteiger partial charge < -0.3 is 10.2 Å². The van der Waals surface area contributed by atoms with E-state index in [4.69, 9.17) is 0 Å². The molecule has 18 heavy (non-hydrogen) atoms. The predicted molar refractivity (Wildman–Crippen MR) is 72.0 cm³/mol. The van der Waals surface area contributed by atoms with Crippen molar-refractivity contribution < 1.29 is 10.2 Å². The van der Waals surface area contributed by atoms with Gasteiger partial charge in [-0.15, -0.1) is 0 Å². The Morgan fingerprint density at radius 2 is 1.89 bits per heavy atom. The maximum atomic E-state index is 10.3. The molecule has 0 saturated carbocycles. The van der Waals surface area contributed by atoms with E-state index in [1.165, 1.54) is 0 Å². The second-order valence-corrected chi connectivity index (χ2v) is 4.85. The van der Waals surface area contributed by atoms with E-state index in [2.05, 4.69) is 21.0 Å². The van der Waals surface area contributed by atoms with E-state index >= 15 is 0 Å². The first kappa shape index (κ1) is 13.3. The van der Waals surface area contributed by atoms with E-state index in [-0.39, 0.29) is 0 Å². The number of benzene rings is 1. The molecule has 4 nitrogen and oxygen atoms in total. The lowest BCUT2D eigenvalue weighted by Gasteiger charge is -2.19. The van der Waals surface area contributed by atoms with E-state index < -0.39 is 12.2 Å². The number of nitrogens with zero attached hydrogens (tertiary/aromatic N) is 2. The molecule has 0 aliphatic heterocycles. The summed E-state index contributed by atoms with van der Waals surface area (Å²) in [5.41, 5.74) is 1.27. The van der Waals surface area contributed by atoms with Crippen LogP contribution in [0.3, 0.4) is 0 Å². The van der Waals surface area contributed by atoms with Crippen molar-refractivity contribution in [3.05, 3.63) is 52.3 Å². The maximum Gasteiger partial charge on any atom is 0.127 e. The molecular formula is C13H15BrN2O2. The number of hydrogen-bond acceptors (Lipinski definition) is 3. The van der Waals surface area contributed by atoms with Gasteiger partial charge in [0.15, 0.2) is 0 Å². The molecule has 1 heterocycles. The second kappa shape index (κ2) is 5.65. The molecular weight excluding hydrogens is 296 g/mol. The monoisotopic (exact) mass is 310 g/mol. The van der Waals surface area contributed by atoms with Crippen molar-refractivity contribution in [1.29, 1.82) is 0 Å². The number of aliphatic hydroxyl groups excluding tert-OH is 2. The third kappa shape index (κ3) is 2.48. The van der Waals surface area contributed by atoms with Gasteiger partial charge in [0.2, 0.25) is 0 Å². The van der Waals surface area contributed by atoms with Crippen LogP contribution in [0, 0.1) is 0 Å². The Kier molecular flexibility index (Phi) is 4.16. The van der Waals surface area contributed by atoms with Crippen LogP contribution in [-0.2, 0) is 6.54 Å². The first-order chi connectivity index (χ1) is 8.65. The summed E-state index contributed by atoms with van der Waals surface area (Å²) in [5, 5.41) is 24.6. The summed E-state index contributed by atoms with van der Waals surface area (Å²) in [5.74, 6) is 0. The molecule has 2 atom stereocenters. The smallest absolute Gasteiger partial charge is 0.127 e. The fraction of sp³-hybridized carbons (Fsp3) is 0.308. The summed E-state index contributed by atoms with van der Waals surface area (Å²) in [7, 11) is 0. The van der Waals surface area contributed by atoms with Crippen molar-refractivity contribution in [3.8, 4) is 0 Å². The lowest BCUT2D eigenvalue weighted by molar-refractivity contribution is 0.0114. The number of aromatic nitrogens is 2. The van der Waals surface area contributed by atoms with E-state index in [0.717, 1.165) is 0 Å². The highest BCUT2D eigenvalue weighted by Crippen LogP contribution is 2.32. The maximum absolute atomic E-state index is 10.3. The Morgan fingerprint density at radius 3 is 2.50 bits per heavy atom. The molecule has 2 unspecified atom stereocenters. The fourth-order valence-corrected chi connectivity index (χ4v) is 2.43. The van der Waals surface area contributed by atoms with Crippen LogP contribution < -0.4 is 0 Å². The third-order valence-corrected chi connectivity index (χ3v) is 3.46. The van der Waals surface area contributed by atoms with Gasteiger partial charge in [-0.2, -0.15) is 5.10 Å². The van der Waals surface area contributed by atoms with Crippen LogP contribution in [0.5, 0.6) is 0 Å². The van der Waals surface area contributed by atoms with Gasteiger partial charge in [-0.1, -0.05) is 30.3 Å². The van der Waals surface area contributed by atoms with Gasteiger partial charge >= 0.3 is 0 Å². The zero-order chi connectivity index (χ0) is 13.1. The molecule has 2 aromatic rings. The van der Waals surface area contributed by atoms with Crippen LogP contribution in [0.2, 0.25) is 0 Å². The highest BCUT2D eigenvalue weighted by atomic mass is 79.9. The Balaban J connectivity index is 2.31. The van der Waals surface area contributed by atoms with Crippen LogP contribution in [0.25, 0.3) is 0 Å². The minimum atomic E-state index is -1.01. The summed E-state index contributed by atoms with van der Waals surface area (Å²) in [6, 6.07) is 9.10. The van der Waals surface area contributed by atoms with Gasteiger partial charge in [0.05, 0.1) is 16.4 Å². The number of aryl methyl sites for hydroxylation is 1. The van der Waals surface area contributed by atoms with Gasteiger partial charge in [-0.05, 0) is 28.4 Å². The summed E-state index contributed by atoms with van der Waals surface area (Å²) in [6.45, 7) is 2.57. The normalized spacial score (nSPS) is 14.4. The lowest BCUT2D eigenvalue weighted by Crippen LogP contribution is -2.15. The first-order valence-corrected chi connectivity index (χ1v) is 6.56. The van der Waals surface area contributed by atoms with Gasteiger partial charge in [0.25, 0.3) is 0 Å². The standard InChI is InChI=1S/C13H15BrN2O2/c1-2-16-11(10(14)8-15-16)13(18)12(17)9-6-4-3-5-7-9/h3-8,12-13,17-18H,2H2,1H3. The van der Waals surface area contributed by atoms with Gasteiger partial charge in [0.1, 0.15) is 12.2 Å². The van der Waals surface area contributed by atoms with E-state index in [1.807, 2.05) is 25.1 Å². The number of aliphatic hydroxyl groups is 2. The number of rotatable bonds is 4. The predicted octanol–water partition coefficient (Wildman–Crippen LogP) is 2.43. The lowest BCUT2D eigenvalue weighted by atomic mass is 10.0. The molecule has 0 aliphatic rings. The highest BCUT2D eigenvalue weighted by molar-refractivity contribution is 9.10. The molecule has 0 bridgehead atoms. The molecule has 0 amide bonds. The van der Waals surface area contributed by atoms with Gasteiger partial charge in [0, 0.05) is 6.54 Å². The molecule has 2 N–H and O–H groups in total. The Labute approximate surface area is 114 Å². The van der Waals surface area contributed by atoms with Gasteiger partial charge in [-0.3, -0.25) is 4.68 Å². The molecule has 0 fully saturated rings. The van der Waals surface area contributed by atoms with Crippen LogP contribution in [0.4, 0.5) is 0 Å². The Morgan fingerprint density at radius 1 is 1.22 bits per heavy atom. The summed E-state index contributed by atoms with van der Waals surface area (Å²) >= 11 is 3.34. The van der Waals surface area contributed by atoms with Crippen molar-refractivity contribution in [2.75, 3.05) is 0 Å². The molecule has 1 aromatic carbocycles. The van der Waals surface area contributed by atoms with E-state index in [0.29, 0.717) is 22.3 Å². The van der Waals surface area contributed by atoms with Gasteiger partial charge in [-0.25, -0.2) is 0 Å². The van der Waals surface area contributed by atoms with Crippen LogP contribution in [0.1, 0.15) is 30.4 Å². The molecule has 1 aromatic heterocycles. The number of halogens is 1. The number of hydrogen-bond donors (Lipinski definition) is 2. The minimum Gasteiger partial charge on any atom is -0.385 e. The van der Waals surface area contributed by atoms with Crippen molar-refractivity contribution in [1.82, 2.24) is 9.78 Å². The zero-order valence-corrected chi connectivity index (χ0v) is 11.6. The molecule has 0 aliphatic carbocycles. The van der Waals surface area contributed by atoms with Crippen LogP contribution in [0.15, 0.2) is 41.0 Å². The van der Waals surface area contributed by atoms with Crippen molar-refractivity contribution >= 4 is 15.9 Å². The van der Waals surface area contributed by atoms with E-state index in [1.54, 1.807) is 23.0 Å². The Bertz CT molecular complexity index is 513. The van der Waals surface area contributed by atoms with Crippen molar-refractivity contribution in [2.24, 2.45) is 0 Å². The fourth-order valence-electron chi connectivity index (χ4n) is 1.90. The van der Waals surface area contributed by atoms with Crippen LogP contribution in [-0.4, -0.2) is 20.0 Å². The highest BCUT2D eigenvalue weighted by Gasteiger charge is 2.25. The molecule has 5 heteroatoms. The summed E-state index contributed by atoms with van der Waals surface area (Å²) < 4.78 is 2.37. The SMILES string of the molecule is CCn1ncc(Br)c1C(O)C(O)c1ccccc1. The van der Waals surface area contributed by atoms with Crippen LogP contribution >= 0.6 is 15.9 Å². The molecule has 96 valence electrons. The first-order valence-electron chi connectivity index (χ1n) is 5.77. The molecule has 2 rings (SSSR count). The molecule has 0 spiro atoms. The van der Waals surface area contributed by atoms with Crippen molar-refractivity contribution in [3.63, 3.8) is 0 Å². The summed E-state index contributed by atoms with van der Waals surface area (Å²) in [6.07, 6.45) is -0.353. The third-order valence-electron chi connectivity index (χ3n) is 2.85. The quantitative estimate of drug-likeness (QED) is 0.912. The average Bonchev–Trinajstić information content (AvgIpc) is 2.79. The zero-order valence-electron chi connectivity index (χ0n) is 9.99. The largest absolute Gasteiger partial charge is 0.385 e. The minimum absolute atomic E-state index is 0.592. The average molecular weight is 311 g/mol. The molecule has 0 radical (unpaired) electrons. The second-order valence-electron chi connectivity index (χ2n) is 3.99. The Hall–Kier alpha value is -1.17.